The van der Waals surface area contributed by atoms with Crippen molar-refractivity contribution in [3.63, 3.8) is 0 Å². The lowest BCUT2D eigenvalue weighted by Crippen LogP contribution is -2.08. The maximum atomic E-state index is 11.6. The standard InChI is InChI=1S/C12H16O4S/c1-3-4-12(13)10-5-7-11(8-6-10)17(14,15)9-16-2/h5-8H,3-4,9H2,1-2H3. The maximum absolute atomic E-state index is 11.6. The largest absolute Gasteiger partial charge is 0.368 e. The van der Waals surface area contributed by atoms with Crippen LogP contribution in [0.4, 0.5) is 0 Å². The Morgan fingerprint density at radius 3 is 2.29 bits per heavy atom. The van der Waals surface area contributed by atoms with Gasteiger partial charge in [0.15, 0.2) is 11.7 Å². The molecule has 0 heterocycles. The molecular formula is C12H16O4S. The number of methoxy groups -OCH3 is 1. The first-order chi connectivity index (χ1) is 8.01. The smallest absolute Gasteiger partial charge is 0.202 e. The van der Waals surface area contributed by atoms with Gasteiger partial charge in [-0.05, 0) is 18.6 Å². The number of rotatable bonds is 6. The minimum Gasteiger partial charge on any atom is -0.368 e. The monoisotopic (exact) mass is 256 g/mol. The highest BCUT2D eigenvalue weighted by atomic mass is 32.2. The van der Waals surface area contributed by atoms with Gasteiger partial charge in [0.1, 0.15) is 0 Å². The molecule has 0 aromatic heterocycles. The molecule has 0 saturated heterocycles. The van der Waals surface area contributed by atoms with Crippen LogP contribution in [0.15, 0.2) is 29.2 Å². The molecule has 17 heavy (non-hydrogen) atoms. The van der Waals surface area contributed by atoms with Crippen LogP contribution in [0.3, 0.4) is 0 Å². The van der Waals surface area contributed by atoms with Crippen LogP contribution in [0.1, 0.15) is 30.1 Å². The average molecular weight is 256 g/mol. The Morgan fingerprint density at radius 2 is 1.82 bits per heavy atom. The molecule has 0 spiro atoms. The van der Waals surface area contributed by atoms with Gasteiger partial charge in [0.05, 0.1) is 4.90 Å². The molecule has 0 radical (unpaired) electrons. The van der Waals surface area contributed by atoms with Crippen molar-refractivity contribution in [2.45, 2.75) is 24.7 Å². The number of Topliss-reactive ketones (excluding diaryl/α,β-unsaturated/α-hetero) is 1. The van der Waals surface area contributed by atoms with E-state index in [1.54, 1.807) is 12.1 Å². The van der Waals surface area contributed by atoms with Crippen LogP contribution in [0.5, 0.6) is 0 Å². The predicted octanol–water partition coefficient (Wildman–Crippen LogP) is 2.05. The topological polar surface area (TPSA) is 60.4 Å². The number of benzene rings is 1. The Kier molecular flexibility index (Phi) is 4.84. The molecule has 0 fully saturated rings. The second-order valence-electron chi connectivity index (χ2n) is 3.72. The lowest BCUT2D eigenvalue weighted by molar-refractivity contribution is 0.0981. The second kappa shape index (κ2) is 5.93. The molecule has 1 aromatic carbocycles. The van der Waals surface area contributed by atoms with Crippen LogP contribution >= 0.6 is 0 Å². The average Bonchev–Trinajstić information content (AvgIpc) is 2.29. The molecule has 0 aliphatic rings. The van der Waals surface area contributed by atoms with Crippen molar-refractivity contribution in [3.05, 3.63) is 29.8 Å². The van der Waals surface area contributed by atoms with Crippen LogP contribution < -0.4 is 0 Å². The number of carbonyl (C=O) groups is 1. The summed E-state index contributed by atoms with van der Waals surface area (Å²) >= 11 is 0. The SMILES string of the molecule is CCCC(=O)c1ccc(S(=O)(=O)COC)cc1. The minimum absolute atomic E-state index is 0.0307. The van der Waals surface area contributed by atoms with Crippen molar-refractivity contribution < 1.29 is 17.9 Å². The highest BCUT2D eigenvalue weighted by Crippen LogP contribution is 2.14. The van der Waals surface area contributed by atoms with Crippen LogP contribution in [-0.4, -0.2) is 27.2 Å². The van der Waals surface area contributed by atoms with E-state index in [2.05, 4.69) is 4.74 Å². The van der Waals surface area contributed by atoms with Crippen LogP contribution in [0.2, 0.25) is 0 Å². The summed E-state index contributed by atoms with van der Waals surface area (Å²) in [7, 11) is -2.07. The number of ether oxygens (including phenoxy) is 1. The summed E-state index contributed by atoms with van der Waals surface area (Å²) in [6.45, 7) is 1.93. The predicted molar refractivity (Wildman–Crippen MR) is 64.7 cm³/mol. The van der Waals surface area contributed by atoms with E-state index in [1.807, 2.05) is 6.92 Å². The summed E-state index contributed by atoms with van der Waals surface area (Å²) < 4.78 is 27.9. The molecule has 1 rings (SSSR count). The molecule has 0 atom stereocenters. The Bertz CT molecular complexity index is 474. The zero-order chi connectivity index (χ0) is 12.9. The summed E-state index contributed by atoms with van der Waals surface area (Å²) in [5.74, 6) is -0.321. The number of hydrogen-bond acceptors (Lipinski definition) is 4. The van der Waals surface area contributed by atoms with Gasteiger partial charge in [-0.15, -0.1) is 0 Å². The number of ketones is 1. The zero-order valence-corrected chi connectivity index (χ0v) is 10.8. The maximum Gasteiger partial charge on any atom is 0.202 e. The van der Waals surface area contributed by atoms with Crippen molar-refractivity contribution >= 4 is 15.6 Å². The number of carbonyl (C=O) groups excluding carboxylic acids is 1. The molecule has 0 aliphatic heterocycles. The summed E-state index contributed by atoms with van der Waals surface area (Å²) in [4.78, 5) is 11.7. The van der Waals surface area contributed by atoms with E-state index in [-0.39, 0.29) is 16.6 Å². The third-order valence-corrected chi connectivity index (χ3v) is 3.82. The third-order valence-electron chi connectivity index (χ3n) is 2.29. The van der Waals surface area contributed by atoms with Crippen molar-refractivity contribution in [2.75, 3.05) is 13.0 Å². The van der Waals surface area contributed by atoms with E-state index >= 15 is 0 Å². The van der Waals surface area contributed by atoms with Crippen LogP contribution in [0.25, 0.3) is 0 Å². The molecule has 0 aliphatic carbocycles. The molecule has 0 unspecified atom stereocenters. The highest BCUT2D eigenvalue weighted by Gasteiger charge is 2.14. The Balaban J connectivity index is 2.92. The molecular weight excluding hydrogens is 240 g/mol. The molecule has 1 aromatic rings. The van der Waals surface area contributed by atoms with Gasteiger partial charge in [0.2, 0.25) is 9.84 Å². The molecule has 0 N–H and O–H groups in total. The zero-order valence-electron chi connectivity index (χ0n) is 9.97. The summed E-state index contributed by atoms with van der Waals surface area (Å²) in [6.07, 6.45) is 1.26. The summed E-state index contributed by atoms with van der Waals surface area (Å²) in [5, 5.41) is 0. The van der Waals surface area contributed by atoms with E-state index in [0.29, 0.717) is 12.0 Å². The summed E-state index contributed by atoms with van der Waals surface area (Å²) in [6, 6.07) is 5.97. The molecule has 0 bridgehead atoms. The van der Waals surface area contributed by atoms with Gasteiger partial charge < -0.3 is 4.74 Å². The van der Waals surface area contributed by atoms with Crippen LogP contribution in [-0.2, 0) is 14.6 Å². The normalized spacial score (nSPS) is 11.4. The summed E-state index contributed by atoms with van der Waals surface area (Å²) in [5.41, 5.74) is 0.545. The van der Waals surface area contributed by atoms with Crippen molar-refractivity contribution in [3.8, 4) is 0 Å². The van der Waals surface area contributed by atoms with Gasteiger partial charge in [0, 0.05) is 19.1 Å². The molecule has 5 heteroatoms. The van der Waals surface area contributed by atoms with Gasteiger partial charge in [-0.3, -0.25) is 4.79 Å². The van der Waals surface area contributed by atoms with Gasteiger partial charge in [0.25, 0.3) is 0 Å². The molecule has 4 nitrogen and oxygen atoms in total. The van der Waals surface area contributed by atoms with Crippen molar-refractivity contribution in [1.82, 2.24) is 0 Å². The highest BCUT2D eigenvalue weighted by molar-refractivity contribution is 7.91. The van der Waals surface area contributed by atoms with Gasteiger partial charge in [-0.2, -0.15) is 0 Å². The first-order valence-corrected chi connectivity index (χ1v) is 7.01. The fourth-order valence-electron chi connectivity index (χ4n) is 1.44. The molecule has 0 saturated carbocycles. The van der Waals surface area contributed by atoms with E-state index in [4.69, 9.17) is 0 Å². The van der Waals surface area contributed by atoms with E-state index in [0.717, 1.165) is 6.42 Å². The Hall–Kier alpha value is -1.20. The van der Waals surface area contributed by atoms with E-state index in [1.165, 1.54) is 19.2 Å². The van der Waals surface area contributed by atoms with E-state index < -0.39 is 9.84 Å². The van der Waals surface area contributed by atoms with Gasteiger partial charge in [-0.25, -0.2) is 8.42 Å². The third kappa shape index (κ3) is 3.64. The number of hydrogen-bond donors (Lipinski definition) is 0. The fraction of sp³-hybridized carbons (Fsp3) is 0.417. The van der Waals surface area contributed by atoms with Crippen LogP contribution in [0, 0.1) is 0 Å². The quantitative estimate of drug-likeness (QED) is 0.731. The fourth-order valence-corrected chi connectivity index (χ4v) is 2.44. The van der Waals surface area contributed by atoms with E-state index in [9.17, 15) is 13.2 Å². The first-order valence-electron chi connectivity index (χ1n) is 5.36. The minimum atomic E-state index is -3.40. The van der Waals surface area contributed by atoms with Gasteiger partial charge in [-0.1, -0.05) is 19.1 Å². The lowest BCUT2D eigenvalue weighted by Gasteiger charge is -2.04. The second-order valence-corrected chi connectivity index (χ2v) is 5.66. The molecule has 94 valence electrons. The lowest BCUT2D eigenvalue weighted by atomic mass is 10.1. The first kappa shape index (κ1) is 13.9. The van der Waals surface area contributed by atoms with Gasteiger partial charge >= 0.3 is 0 Å². The Labute approximate surface area is 102 Å². The number of sulfone groups is 1. The van der Waals surface area contributed by atoms with Crippen molar-refractivity contribution in [1.29, 1.82) is 0 Å². The van der Waals surface area contributed by atoms with Crippen molar-refractivity contribution in [2.24, 2.45) is 0 Å². The Morgan fingerprint density at radius 1 is 1.24 bits per heavy atom. The molecule has 0 amide bonds.